The molecule has 1 aliphatic carbocycles. The summed E-state index contributed by atoms with van der Waals surface area (Å²) in [5, 5.41) is 19.3. The SMILES string of the molecule is Cn1cnc(-c2nnc3n2CCc2nc(-c4ccc(C5(N(C(=O)O)C(C)(C)C)CCC5)cc4)c(-c4ccccc4)cc2-3)c1. The molecule has 9 nitrogen and oxygen atoms in total. The molecule has 1 N–H and O–H groups in total. The van der Waals surface area contributed by atoms with Crippen molar-refractivity contribution in [2.75, 3.05) is 0 Å². The molecule has 1 fully saturated rings. The van der Waals surface area contributed by atoms with Gasteiger partial charge in [0.1, 0.15) is 5.69 Å². The minimum atomic E-state index is -0.877. The van der Waals surface area contributed by atoms with Gasteiger partial charge in [0.05, 0.1) is 23.3 Å². The van der Waals surface area contributed by atoms with Crippen LogP contribution in [0.4, 0.5) is 4.79 Å². The average molecular weight is 574 g/mol. The molecular weight excluding hydrogens is 538 g/mol. The zero-order valence-electron chi connectivity index (χ0n) is 24.9. The van der Waals surface area contributed by atoms with Gasteiger partial charge in [0, 0.05) is 48.4 Å². The highest BCUT2D eigenvalue weighted by atomic mass is 16.4. The van der Waals surface area contributed by atoms with Crippen molar-refractivity contribution in [2.45, 2.75) is 64.1 Å². The predicted molar refractivity (Wildman–Crippen MR) is 165 cm³/mol. The molecule has 43 heavy (non-hydrogen) atoms. The van der Waals surface area contributed by atoms with E-state index in [0.717, 1.165) is 88.8 Å². The lowest BCUT2D eigenvalue weighted by Gasteiger charge is -2.54. The quantitative estimate of drug-likeness (QED) is 0.248. The fourth-order valence-corrected chi connectivity index (χ4v) is 6.85. The molecule has 0 radical (unpaired) electrons. The van der Waals surface area contributed by atoms with Gasteiger partial charge in [-0.15, -0.1) is 10.2 Å². The molecule has 2 aromatic carbocycles. The van der Waals surface area contributed by atoms with E-state index in [1.54, 1.807) is 11.2 Å². The molecule has 1 amide bonds. The van der Waals surface area contributed by atoms with Crippen molar-refractivity contribution in [2.24, 2.45) is 7.05 Å². The van der Waals surface area contributed by atoms with Crippen molar-refractivity contribution in [3.8, 4) is 45.3 Å². The van der Waals surface area contributed by atoms with Gasteiger partial charge in [0.2, 0.25) is 0 Å². The number of fused-ring (bicyclic) bond motifs is 3. The van der Waals surface area contributed by atoms with Crippen molar-refractivity contribution in [3.63, 3.8) is 0 Å². The van der Waals surface area contributed by atoms with E-state index in [1.165, 1.54) is 0 Å². The van der Waals surface area contributed by atoms with Gasteiger partial charge in [0.15, 0.2) is 11.6 Å². The van der Waals surface area contributed by atoms with Crippen LogP contribution in [0.25, 0.3) is 45.3 Å². The maximum atomic E-state index is 12.5. The molecule has 4 heterocycles. The van der Waals surface area contributed by atoms with Crippen LogP contribution >= 0.6 is 0 Å². The van der Waals surface area contributed by atoms with Crippen LogP contribution in [0, 0.1) is 0 Å². The molecule has 3 aromatic heterocycles. The Morgan fingerprint density at radius 2 is 1.67 bits per heavy atom. The minimum absolute atomic E-state index is 0.510. The third-order valence-electron chi connectivity index (χ3n) is 8.85. The molecule has 1 saturated carbocycles. The summed E-state index contributed by atoms with van der Waals surface area (Å²) in [7, 11) is 1.95. The summed E-state index contributed by atoms with van der Waals surface area (Å²) in [5.41, 5.74) is 6.78. The van der Waals surface area contributed by atoms with E-state index >= 15 is 0 Å². The standard InChI is InChI=1S/C34H35N7O2/c1-33(2,3)41(32(42)43)34(16-8-17-34)24-13-11-23(12-14-24)29-25(22-9-6-5-7-10-22)19-26-27(36-29)15-18-40-30(26)37-38-31(40)28-20-39(4)21-35-28/h5-7,9-14,19-21H,8,15-18H2,1-4H3,(H,42,43). The number of nitrogens with zero attached hydrogens (tertiary/aromatic N) is 7. The predicted octanol–water partition coefficient (Wildman–Crippen LogP) is 6.79. The minimum Gasteiger partial charge on any atom is -0.465 e. The summed E-state index contributed by atoms with van der Waals surface area (Å²) in [6.45, 7) is 6.63. The molecule has 0 unspecified atom stereocenters. The Morgan fingerprint density at radius 3 is 2.28 bits per heavy atom. The number of carboxylic acid groups (broad SMARTS) is 1. The van der Waals surface area contributed by atoms with Crippen LogP contribution in [0.5, 0.6) is 0 Å². The number of rotatable bonds is 5. The molecule has 7 rings (SSSR count). The Labute approximate surface area is 250 Å². The van der Waals surface area contributed by atoms with E-state index in [9.17, 15) is 9.90 Å². The lowest BCUT2D eigenvalue weighted by atomic mass is 9.69. The summed E-state index contributed by atoms with van der Waals surface area (Å²) in [6, 6.07) is 20.9. The Bertz CT molecular complexity index is 1830. The zero-order chi connectivity index (χ0) is 29.9. The van der Waals surface area contributed by atoms with Gasteiger partial charge in [-0.1, -0.05) is 54.6 Å². The largest absolute Gasteiger partial charge is 0.465 e. The van der Waals surface area contributed by atoms with Gasteiger partial charge in [0.25, 0.3) is 0 Å². The maximum absolute atomic E-state index is 12.5. The highest BCUT2D eigenvalue weighted by Gasteiger charge is 2.50. The van der Waals surface area contributed by atoms with Crippen molar-refractivity contribution < 1.29 is 9.90 Å². The highest BCUT2D eigenvalue weighted by molar-refractivity contribution is 5.85. The maximum Gasteiger partial charge on any atom is 0.408 e. The van der Waals surface area contributed by atoms with E-state index in [0.29, 0.717) is 0 Å². The van der Waals surface area contributed by atoms with Crippen molar-refractivity contribution in [1.29, 1.82) is 0 Å². The monoisotopic (exact) mass is 573 g/mol. The summed E-state index contributed by atoms with van der Waals surface area (Å²) >= 11 is 0. The normalized spacial score (nSPS) is 15.3. The number of aryl methyl sites for hydroxylation is 2. The van der Waals surface area contributed by atoms with Gasteiger partial charge in [-0.3, -0.25) is 9.88 Å². The number of imidazole rings is 1. The molecule has 1 aliphatic heterocycles. The van der Waals surface area contributed by atoms with Crippen molar-refractivity contribution in [1.82, 2.24) is 34.2 Å². The first-order chi connectivity index (χ1) is 20.7. The Balaban J connectivity index is 1.33. The third-order valence-corrected chi connectivity index (χ3v) is 8.85. The van der Waals surface area contributed by atoms with Gasteiger partial charge in [-0.2, -0.15) is 0 Å². The van der Waals surface area contributed by atoms with Gasteiger partial charge in [-0.25, -0.2) is 9.78 Å². The lowest BCUT2D eigenvalue weighted by Crippen LogP contribution is -2.60. The molecule has 2 aliphatic rings. The molecule has 0 atom stereocenters. The molecule has 5 aromatic rings. The fraction of sp³-hybridized carbons (Fsp3) is 0.324. The average Bonchev–Trinajstić information content (AvgIpc) is 3.60. The van der Waals surface area contributed by atoms with Crippen LogP contribution in [0.2, 0.25) is 0 Å². The summed E-state index contributed by atoms with van der Waals surface area (Å²) in [6.07, 6.45) is 6.26. The Hall–Kier alpha value is -4.79. The lowest BCUT2D eigenvalue weighted by molar-refractivity contribution is -0.0328. The van der Waals surface area contributed by atoms with Gasteiger partial charge in [-0.05, 0) is 57.2 Å². The van der Waals surface area contributed by atoms with Crippen molar-refractivity contribution >= 4 is 6.09 Å². The summed E-state index contributed by atoms with van der Waals surface area (Å²) in [4.78, 5) is 23.9. The van der Waals surface area contributed by atoms with Crippen LogP contribution in [0.3, 0.4) is 0 Å². The van der Waals surface area contributed by atoms with E-state index in [4.69, 9.17) is 4.98 Å². The molecule has 0 bridgehead atoms. The second kappa shape index (κ2) is 9.90. The van der Waals surface area contributed by atoms with Crippen LogP contribution in [-0.2, 0) is 25.6 Å². The first kappa shape index (κ1) is 27.1. The first-order valence-corrected chi connectivity index (χ1v) is 14.8. The molecule has 9 heteroatoms. The van der Waals surface area contributed by atoms with Crippen LogP contribution in [0.1, 0.15) is 51.3 Å². The molecule has 218 valence electrons. The number of benzene rings is 2. The van der Waals surface area contributed by atoms with Crippen LogP contribution in [-0.4, -0.2) is 50.9 Å². The van der Waals surface area contributed by atoms with E-state index < -0.39 is 17.2 Å². The summed E-state index contributed by atoms with van der Waals surface area (Å²) < 4.78 is 4.05. The fourth-order valence-electron chi connectivity index (χ4n) is 6.85. The Kier molecular flexibility index (Phi) is 6.23. The summed E-state index contributed by atoms with van der Waals surface area (Å²) in [5.74, 6) is 1.56. The number of hydrogen-bond donors (Lipinski definition) is 1. The number of aromatic nitrogens is 6. The Morgan fingerprint density at radius 1 is 0.953 bits per heavy atom. The first-order valence-electron chi connectivity index (χ1n) is 14.8. The molecule has 0 spiro atoms. The van der Waals surface area contributed by atoms with E-state index in [-0.39, 0.29) is 0 Å². The second-order valence-electron chi connectivity index (χ2n) is 12.7. The molecule has 0 saturated heterocycles. The van der Waals surface area contributed by atoms with E-state index in [2.05, 4.69) is 62.2 Å². The van der Waals surface area contributed by atoms with Gasteiger partial charge < -0.3 is 14.2 Å². The zero-order valence-corrected chi connectivity index (χ0v) is 24.9. The third kappa shape index (κ3) is 4.42. The van der Waals surface area contributed by atoms with Crippen LogP contribution < -0.4 is 0 Å². The van der Waals surface area contributed by atoms with Gasteiger partial charge >= 0.3 is 6.09 Å². The van der Waals surface area contributed by atoms with Crippen LogP contribution in [0.15, 0.2) is 73.2 Å². The molecular formula is C34H35N7O2. The van der Waals surface area contributed by atoms with E-state index in [1.807, 2.05) is 56.8 Å². The second-order valence-corrected chi connectivity index (χ2v) is 12.7. The van der Waals surface area contributed by atoms with Crippen molar-refractivity contribution in [3.05, 3.63) is 84.4 Å². The topological polar surface area (TPSA) is 102 Å². The number of pyridine rings is 1. The number of carbonyl (C=O) groups is 1. The smallest absolute Gasteiger partial charge is 0.408 e. The highest BCUT2D eigenvalue weighted by Crippen LogP contribution is 2.50. The number of hydrogen-bond acceptors (Lipinski definition) is 5. The number of amides is 1.